The largest absolute Gasteiger partial charge is 0.389 e. The standard InChI is InChI=1S/C21H33NOS/c1-3-7-19-16-20(2,12-15-24-19)21(23)10-13-22(14-11-21)17-18-8-5-4-6-9-18/h3,7,12,15-16,18,23H,4-6,8-11,13-14,17H2,1-2H3/b7-3-. The summed E-state index contributed by atoms with van der Waals surface area (Å²) in [5.41, 5.74) is -0.857. The van der Waals surface area contributed by atoms with E-state index in [4.69, 9.17) is 0 Å². The molecule has 0 amide bonds. The average molecular weight is 348 g/mol. The second kappa shape index (κ2) is 7.80. The van der Waals surface area contributed by atoms with Gasteiger partial charge in [-0.15, -0.1) is 0 Å². The van der Waals surface area contributed by atoms with E-state index in [1.807, 2.05) is 0 Å². The van der Waals surface area contributed by atoms with Crippen LogP contribution in [-0.2, 0) is 0 Å². The van der Waals surface area contributed by atoms with Crippen LogP contribution in [-0.4, -0.2) is 35.2 Å². The van der Waals surface area contributed by atoms with E-state index in [0.29, 0.717) is 0 Å². The summed E-state index contributed by atoms with van der Waals surface area (Å²) in [6.45, 7) is 7.57. The van der Waals surface area contributed by atoms with Gasteiger partial charge in [-0.3, -0.25) is 0 Å². The Kier molecular flexibility index (Phi) is 5.94. The van der Waals surface area contributed by atoms with Gasteiger partial charge in [-0.1, -0.05) is 55.3 Å². The summed E-state index contributed by atoms with van der Waals surface area (Å²) < 4.78 is 0. The van der Waals surface area contributed by atoms with Gasteiger partial charge in [-0.05, 0) is 50.9 Å². The van der Waals surface area contributed by atoms with Gasteiger partial charge in [0.2, 0.25) is 0 Å². The van der Waals surface area contributed by atoms with Gasteiger partial charge in [0.05, 0.1) is 5.60 Å². The Bertz CT molecular complexity index is 510. The third kappa shape index (κ3) is 4.00. The second-order valence-electron chi connectivity index (χ2n) is 8.09. The highest BCUT2D eigenvalue weighted by atomic mass is 32.2. The molecule has 1 N–H and O–H groups in total. The Labute approximate surface area is 152 Å². The van der Waals surface area contributed by atoms with Crippen molar-refractivity contribution in [2.75, 3.05) is 19.6 Å². The number of piperidine rings is 1. The summed E-state index contributed by atoms with van der Waals surface area (Å²) in [6.07, 6.45) is 17.6. The number of hydrogen-bond acceptors (Lipinski definition) is 3. The summed E-state index contributed by atoms with van der Waals surface area (Å²) in [7, 11) is 0. The molecule has 1 saturated heterocycles. The SMILES string of the molecule is C/C=C\C1=CC(C)(C2(O)CCN(CC3CCCCC3)CC2)C=CS1. The molecule has 2 heterocycles. The average Bonchev–Trinajstić information content (AvgIpc) is 2.58. The lowest BCUT2D eigenvalue weighted by atomic mass is 9.68. The van der Waals surface area contributed by atoms with Gasteiger partial charge in [-0.25, -0.2) is 0 Å². The zero-order valence-electron chi connectivity index (χ0n) is 15.3. The van der Waals surface area contributed by atoms with Crippen LogP contribution in [0.3, 0.4) is 0 Å². The highest BCUT2D eigenvalue weighted by Gasteiger charge is 2.46. The van der Waals surface area contributed by atoms with E-state index in [0.717, 1.165) is 31.8 Å². The molecular formula is C21H33NOS. The van der Waals surface area contributed by atoms with E-state index >= 15 is 0 Å². The maximum absolute atomic E-state index is 11.4. The fourth-order valence-corrected chi connectivity index (χ4v) is 5.59. The summed E-state index contributed by atoms with van der Waals surface area (Å²) in [5.74, 6) is 0.896. The predicted molar refractivity (Wildman–Crippen MR) is 105 cm³/mol. The summed E-state index contributed by atoms with van der Waals surface area (Å²) in [4.78, 5) is 3.85. The Hall–Kier alpha value is -0.510. The van der Waals surface area contributed by atoms with Crippen LogP contribution in [0.4, 0.5) is 0 Å². The van der Waals surface area contributed by atoms with E-state index in [1.54, 1.807) is 11.8 Å². The molecule has 2 aliphatic heterocycles. The molecule has 1 unspecified atom stereocenters. The quantitative estimate of drug-likeness (QED) is 0.763. The molecule has 0 aromatic rings. The summed E-state index contributed by atoms with van der Waals surface area (Å²) >= 11 is 1.75. The van der Waals surface area contributed by atoms with E-state index < -0.39 is 5.60 Å². The first kappa shape index (κ1) is 18.3. The first-order chi connectivity index (χ1) is 11.5. The molecule has 3 aliphatic rings. The van der Waals surface area contributed by atoms with Crippen LogP contribution in [0.15, 0.2) is 34.6 Å². The Morgan fingerprint density at radius 1 is 1.25 bits per heavy atom. The lowest BCUT2D eigenvalue weighted by molar-refractivity contribution is -0.0777. The van der Waals surface area contributed by atoms with Crippen LogP contribution < -0.4 is 0 Å². The van der Waals surface area contributed by atoms with Crippen LogP contribution in [0.5, 0.6) is 0 Å². The molecule has 2 fully saturated rings. The number of nitrogens with zero attached hydrogens (tertiary/aromatic N) is 1. The molecule has 0 radical (unpaired) electrons. The smallest absolute Gasteiger partial charge is 0.0795 e. The Morgan fingerprint density at radius 3 is 2.62 bits per heavy atom. The highest BCUT2D eigenvalue weighted by Crippen LogP contribution is 2.46. The molecule has 0 bridgehead atoms. The van der Waals surface area contributed by atoms with Crippen molar-refractivity contribution in [2.45, 2.75) is 64.4 Å². The molecular weight excluding hydrogens is 314 g/mol. The topological polar surface area (TPSA) is 23.5 Å². The minimum absolute atomic E-state index is 0.246. The Balaban J connectivity index is 1.61. The predicted octanol–water partition coefficient (Wildman–Crippen LogP) is 5.12. The van der Waals surface area contributed by atoms with Crippen molar-refractivity contribution in [3.63, 3.8) is 0 Å². The van der Waals surface area contributed by atoms with Crippen molar-refractivity contribution in [3.05, 3.63) is 34.6 Å². The minimum Gasteiger partial charge on any atom is -0.389 e. The van der Waals surface area contributed by atoms with Gasteiger partial charge < -0.3 is 10.0 Å². The number of hydrogen-bond donors (Lipinski definition) is 1. The number of aliphatic hydroxyl groups is 1. The van der Waals surface area contributed by atoms with Crippen LogP contribution >= 0.6 is 11.8 Å². The third-order valence-corrected chi connectivity index (χ3v) is 7.12. The number of likely N-dealkylation sites (tertiary alicyclic amines) is 1. The second-order valence-corrected chi connectivity index (χ2v) is 9.07. The molecule has 1 atom stereocenters. The lowest BCUT2D eigenvalue weighted by Crippen LogP contribution is -2.53. The Morgan fingerprint density at radius 2 is 1.96 bits per heavy atom. The molecule has 1 saturated carbocycles. The fraction of sp³-hybridized carbons (Fsp3) is 0.714. The minimum atomic E-state index is -0.611. The van der Waals surface area contributed by atoms with Crippen LogP contribution in [0.25, 0.3) is 0 Å². The van der Waals surface area contributed by atoms with Crippen molar-refractivity contribution in [1.29, 1.82) is 0 Å². The van der Waals surface area contributed by atoms with Gasteiger partial charge in [0.25, 0.3) is 0 Å². The maximum atomic E-state index is 11.4. The van der Waals surface area contributed by atoms with Crippen LogP contribution in [0.2, 0.25) is 0 Å². The van der Waals surface area contributed by atoms with Crippen LogP contribution in [0, 0.1) is 11.3 Å². The molecule has 1 aliphatic carbocycles. The zero-order valence-corrected chi connectivity index (χ0v) is 16.2. The number of allylic oxidation sites excluding steroid dienone is 2. The third-order valence-electron chi connectivity index (χ3n) is 6.32. The molecule has 24 heavy (non-hydrogen) atoms. The molecule has 2 nitrogen and oxygen atoms in total. The van der Waals surface area contributed by atoms with E-state index in [2.05, 4.69) is 48.5 Å². The molecule has 0 spiro atoms. The van der Waals surface area contributed by atoms with Crippen molar-refractivity contribution in [3.8, 4) is 0 Å². The first-order valence-corrected chi connectivity index (χ1v) is 10.6. The van der Waals surface area contributed by atoms with Gasteiger partial charge in [0, 0.05) is 30.0 Å². The van der Waals surface area contributed by atoms with Crippen molar-refractivity contribution < 1.29 is 5.11 Å². The summed E-state index contributed by atoms with van der Waals surface area (Å²) in [6, 6.07) is 0. The van der Waals surface area contributed by atoms with Gasteiger partial charge in [0.1, 0.15) is 0 Å². The maximum Gasteiger partial charge on any atom is 0.0795 e. The van der Waals surface area contributed by atoms with E-state index in [9.17, 15) is 5.11 Å². The van der Waals surface area contributed by atoms with E-state index in [1.165, 1.54) is 43.6 Å². The number of rotatable bonds is 4. The van der Waals surface area contributed by atoms with Crippen LogP contribution in [0.1, 0.15) is 58.8 Å². The summed E-state index contributed by atoms with van der Waals surface area (Å²) in [5, 5.41) is 13.6. The van der Waals surface area contributed by atoms with Crippen molar-refractivity contribution in [1.82, 2.24) is 4.90 Å². The number of thioether (sulfide) groups is 1. The lowest BCUT2D eigenvalue weighted by Gasteiger charge is -2.48. The van der Waals surface area contributed by atoms with Crippen molar-refractivity contribution >= 4 is 11.8 Å². The van der Waals surface area contributed by atoms with Crippen molar-refractivity contribution in [2.24, 2.45) is 11.3 Å². The monoisotopic (exact) mass is 347 g/mol. The van der Waals surface area contributed by atoms with Gasteiger partial charge >= 0.3 is 0 Å². The van der Waals surface area contributed by atoms with Gasteiger partial charge in [-0.2, -0.15) is 0 Å². The molecule has 0 aromatic carbocycles. The van der Waals surface area contributed by atoms with Gasteiger partial charge in [0.15, 0.2) is 0 Å². The normalized spacial score (nSPS) is 32.2. The molecule has 0 aromatic heterocycles. The molecule has 3 heteroatoms. The van der Waals surface area contributed by atoms with E-state index in [-0.39, 0.29) is 5.41 Å². The highest BCUT2D eigenvalue weighted by molar-refractivity contribution is 8.06. The zero-order chi connectivity index (χ0) is 17.0. The molecule has 134 valence electrons. The fourth-order valence-electron chi connectivity index (χ4n) is 4.55. The molecule has 3 rings (SSSR count). The first-order valence-electron chi connectivity index (χ1n) is 9.69.